The summed E-state index contributed by atoms with van der Waals surface area (Å²) in [6, 6.07) is 0.808. The highest BCUT2D eigenvalue weighted by Gasteiger charge is 2.27. The molecule has 2 aliphatic heterocycles. The molecule has 0 aliphatic carbocycles. The summed E-state index contributed by atoms with van der Waals surface area (Å²) in [6.45, 7) is 5.83. The van der Waals surface area contributed by atoms with E-state index in [0.717, 1.165) is 24.9 Å². The van der Waals surface area contributed by atoms with Gasteiger partial charge in [-0.25, -0.2) is 0 Å². The molecule has 0 bridgehead atoms. The molecule has 2 aliphatic rings. The van der Waals surface area contributed by atoms with E-state index in [1.165, 1.54) is 51.9 Å². The number of amides is 1. The van der Waals surface area contributed by atoms with Crippen LogP contribution in [0, 0.1) is 5.92 Å². The van der Waals surface area contributed by atoms with Crippen LogP contribution in [-0.4, -0.2) is 79.3 Å². The molecule has 0 aromatic rings. The Balaban J connectivity index is 1.65. The van der Waals surface area contributed by atoms with Gasteiger partial charge in [0.25, 0.3) is 0 Å². The minimum absolute atomic E-state index is 0.0421. The second-order valence-electron chi connectivity index (χ2n) is 6.75. The van der Waals surface area contributed by atoms with E-state index in [2.05, 4.69) is 16.8 Å². The molecule has 2 rings (SSSR count). The highest BCUT2D eigenvalue weighted by atomic mass is 35.5. The molecule has 0 unspecified atom stereocenters. The fourth-order valence-corrected chi connectivity index (χ4v) is 3.77. The van der Waals surface area contributed by atoms with Gasteiger partial charge in [-0.2, -0.15) is 0 Å². The average molecular weight is 316 g/mol. The summed E-state index contributed by atoms with van der Waals surface area (Å²) in [5.41, 5.74) is 0. The van der Waals surface area contributed by atoms with Crippen LogP contribution in [0.3, 0.4) is 0 Å². The fraction of sp³-hybridized carbons (Fsp3) is 0.938. The molecule has 122 valence electrons. The predicted molar refractivity (Wildman–Crippen MR) is 87.8 cm³/mol. The van der Waals surface area contributed by atoms with Crippen molar-refractivity contribution in [3.8, 4) is 0 Å². The Hall–Kier alpha value is -0.320. The van der Waals surface area contributed by atoms with E-state index in [0.29, 0.717) is 0 Å². The Morgan fingerprint density at radius 3 is 2.33 bits per heavy atom. The number of hydrogen-bond donors (Lipinski definition) is 0. The molecule has 21 heavy (non-hydrogen) atoms. The number of alkyl halides is 1. The highest BCUT2D eigenvalue weighted by Crippen LogP contribution is 2.25. The number of likely N-dealkylation sites (tertiary alicyclic amines) is 2. The predicted octanol–water partition coefficient (Wildman–Crippen LogP) is 1.88. The molecule has 2 heterocycles. The van der Waals surface area contributed by atoms with Gasteiger partial charge in [0, 0.05) is 19.6 Å². The molecule has 5 heteroatoms. The zero-order valence-corrected chi connectivity index (χ0v) is 14.3. The number of carbonyl (C=O) groups excluding carboxylic acids is 1. The van der Waals surface area contributed by atoms with Gasteiger partial charge in [-0.05, 0) is 71.2 Å². The topological polar surface area (TPSA) is 26.8 Å². The van der Waals surface area contributed by atoms with Gasteiger partial charge in [-0.3, -0.25) is 4.79 Å². The first kappa shape index (κ1) is 17.0. The molecule has 1 amide bonds. The fourth-order valence-electron chi connectivity index (χ4n) is 3.57. The van der Waals surface area contributed by atoms with Crippen molar-refractivity contribution in [3.05, 3.63) is 0 Å². The number of piperidine rings is 2. The Bertz CT molecular complexity index is 323. The number of halogens is 1. The van der Waals surface area contributed by atoms with Gasteiger partial charge in [0.15, 0.2) is 0 Å². The SMILES string of the molecule is CN1CCC(N2CCC(CCN(C)C(=O)CCl)CC2)CC1. The van der Waals surface area contributed by atoms with Gasteiger partial charge >= 0.3 is 0 Å². The summed E-state index contributed by atoms with van der Waals surface area (Å²) in [7, 11) is 4.08. The Kier molecular flexibility index (Phi) is 6.77. The van der Waals surface area contributed by atoms with Gasteiger partial charge in [0.05, 0.1) is 0 Å². The van der Waals surface area contributed by atoms with Crippen molar-refractivity contribution < 1.29 is 4.79 Å². The minimum atomic E-state index is 0.0421. The average Bonchev–Trinajstić information content (AvgIpc) is 2.53. The molecule has 0 atom stereocenters. The lowest BCUT2D eigenvalue weighted by Gasteiger charge is -2.41. The number of nitrogens with zero attached hydrogens (tertiary/aromatic N) is 3. The summed E-state index contributed by atoms with van der Waals surface area (Å²) in [6.07, 6.45) is 6.35. The van der Waals surface area contributed by atoms with E-state index in [-0.39, 0.29) is 11.8 Å². The molecule has 0 aromatic carbocycles. The molecule has 2 fully saturated rings. The lowest BCUT2D eigenvalue weighted by Crippen LogP contribution is -2.47. The normalized spacial score (nSPS) is 23.4. The molecule has 0 saturated carbocycles. The molecular weight excluding hydrogens is 286 g/mol. The van der Waals surface area contributed by atoms with Crippen molar-refractivity contribution in [2.45, 2.75) is 38.1 Å². The van der Waals surface area contributed by atoms with E-state index in [1.54, 1.807) is 4.90 Å². The van der Waals surface area contributed by atoms with E-state index < -0.39 is 0 Å². The van der Waals surface area contributed by atoms with E-state index in [4.69, 9.17) is 11.6 Å². The van der Waals surface area contributed by atoms with Crippen LogP contribution in [0.1, 0.15) is 32.1 Å². The second-order valence-corrected chi connectivity index (χ2v) is 7.02. The first-order valence-electron chi connectivity index (χ1n) is 8.32. The summed E-state index contributed by atoms with van der Waals surface area (Å²) >= 11 is 5.58. The van der Waals surface area contributed by atoms with E-state index in [9.17, 15) is 4.79 Å². The first-order chi connectivity index (χ1) is 10.1. The smallest absolute Gasteiger partial charge is 0.237 e. The number of carbonyl (C=O) groups is 1. The van der Waals surface area contributed by atoms with Crippen LogP contribution in [0.2, 0.25) is 0 Å². The standard InChI is InChI=1S/C16H30ClN3O/c1-18-8-6-15(7-9-18)20-11-4-14(5-12-20)3-10-19(2)16(21)13-17/h14-15H,3-13H2,1-2H3. The van der Waals surface area contributed by atoms with Crippen molar-refractivity contribution in [2.75, 3.05) is 52.7 Å². The minimum Gasteiger partial charge on any atom is -0.345 e. The van der Waals surface area contributed by atoms with Crippen LogP contribution in [0.4, 0.5) is 0 Å². The lowest BCUT2D eigenvalue weighted by atomic mass is 9.91. The first-order valence-corrected chi connectivity index (χ1v) is 8.86. The Morgan fingerprint density at radius 2 is 1.76 bits per heavy atom. The summed E-state index contributed by atoms with van der Waals surface area (Å²) in [5.74, 6) is 0.920. The maximum atomic E-state index is 11.5. The van der Waals surface area contributed by atoms with Crippen molar-refractivity contribution in [2.24, 2.45) is 5.92 Å². The van der Waals surface area contributed by atoms with Crippen molar-refractivity contribution >= 4 is 17.5 Å². The zero-order chi connectivity index (χ0) is 15.2. The molecule has 0 radical (unpaired) electrons. The van der Waals surface area contributed by atoms with E-state index in [1.807, 2.05) is 7.05 Å². The van der Waals surface area contributed by atoms with Crippen LogP contribution in [0.25, 0.3) is 0 Å². The maximum Gasteiger partial charge on any atom is 0.237 e. The molecule has 2 saturated heterocycles. The molecule has 4 nitrogen and oxygen atoms in total. The third kappa shape index (κ3) is 5.11. The van der Waals surface area contributed by atoms with Crippen molar-refractivity contribution in [3.63, 3.8) is 0 Å². The summed E-state index contributed by atoms with van der Waals surface area (Å²) in [5, 5.41) is 0. The van der Waals surface area contributed by atoms with E-state index >= 15 is 0 Å². The Labute approximate surface area is 134 Å². The summed E-state index contributed by atoms with van der Waals surface area (Å²) < 4.78 is 0. The van der Waals surface area contributed by atoms with Gasteiger partial charge in [-0.15, -0.1) is 11.6 Å². The number of hydrogen-bond acceptors (Lipinski definition) is 3. The third-order valence-electron chi connectivity index (χ3n) is 5.27. The quantitative estimate of drug-likeness (QED) is 0.725. The maximum absolute atomic E-state index is 11.5. The van der Waals surface area contributed by atoms with Crippen LogP contribution in [0.5, 0.6) is 0 Å². The molecule has 0 spiro atoms. The lowest BCUT2D eigenvalue weighted by molar-refractivity contribution is -0.127. The largest absolute Gasteiger partial charge is 0.345 e. The van der Waals surface area contributed by atoms with Crippen LogP contribution >= 0.6 is 11.6 Å². The van der Waals surface area contributed by atoms with Crippen LogP contribution < -0.4 is 0 Å². The molecular formula is C16H30ClN3O. The van der Waals surface area contributed by atoms with Crippen LogP contribution in [-0.2, 0) is 4.79 Å². The van der Waals surface area contributed by atoms with Gasteiger partial charge in [0.2, 0.25) is 5.91 Å². The third-order valence-corrected chi connectivity index (χ3v) is 5.50. The number of rotatable bonds is 5. The van der Waals surface area contributed by atoms with Crippen molar-refractivity contribution in [1.29, 1.82) is 0 Å². The monoisotopic (exact) mass is 315 g/mol. The second kappa shape index (κ2) is 8.35. The molecule has 0 aromatic heterocycles. The Morgan fingerprint density at radius 1 is 1.14 bits per heavy atom. The molecule has 0 N–H and O–H groups in total. The highest BCUT2D eigenvalue weighted by molar-refractivity contribution is 6.27. The van der Waals surface area contributed by atoms with Gasteiger partial charge < -0.3 is 14.7 Å². The van der Waals surface area contributed by atoms with Gasteiger partial charge in [0.1, 0.15) is 5.88 Å². The van der Waals surface area contributed by atoms with Crippen molar-refractivity contribution in [1.82, 2.24) is 14.7 Å². The summed E-state index contributed by atoms with van der Waals surface area (Å²) in [4.78, 5) is 18.4. The van der Waals surface area contributed by atoms with Gasteiger partial charge in [-0.1, -0.05) is 0 Å². The van der Waals surface area contributed by atoms with Crippen LogP contribution in [0.15, 0.2) is 0 Å². The zero-order valence-electron chi connectivity index (χ0n) is 13.6.